The van der Waals surface area contributed by atoms with Gasteiger partial charge < -0.3 is 13.9 Å². The molecule has 2 aliphatic rings. The van der Waals surface area contributed by atoms with Crippen LogP contribution in [0.1, 0.15) is 107 Å². The Bertz CT molecular complexity index is 3400. The van der Waals surface area contributed by atoms with Crippen molar-refractivity contribution in [2.45, 2.75) is 101 Å². The number of aromatic nitrogens is 4. The van der Waals surface area contributed by atoms with Crippen LogP contribution in [0.3, 0.4) is 0 Å². The fraction of sp³-hybridized carbons (Fsp3) is 0.312. The molecule has 0 unspecified atom stereocenters. The third kappa shape index (κ3) is 9.47. The second-order valence-corrected chi connectivity index (χ2v) is 23.6. The van der Waals surface area contributed by atoms with Crippen molar-refractivity contribution in [2.75, 3.05) is 0 Å². The van der Waals surface area contributed by atoms with Crippen molar-refractivity contribution in [1.82, 2.24) is 14.1 Å². The van der Waals surface area contributed by atoms with Crippen LogP contribution in [-0.2, 0) is 26.5 Å². The molecule has 10 rings (SSSR count). The molecule has 2 atom stereocenters. The molecule has 0 radical (unpaired) electrons. The molecule has 0 fully saturated rings. The van der Waals surface area contributed by atoms with Crippen LogP contribution in [0.4, 0.5) is 0 Å². The average Bonchev–Trinajstić information content (AvgIpc) is 3.87. The summed E-state index contributed by atoms with van der Waals surface area (Å²) in [5.74, 6) is 2.83. The van der Waals surface area contributed by atoms with E-state index in [1.165, 1.54) is 33.5 Å². The van der Waals surface area contributed by atoms with E-state index in [2.05, 4.69) is 243 Å². The van der Waals surface area contributed by atoms with E-state index >= 15 is 0 Å². The number of para-hydroxylation sites is 1. The Hall–Kier alpha value is -6.03. The second kappa shape index (κ2) is 18.3. The van der Waals surface area contributed by atoms with E-state index in [1.807, 2.05) is 18.3 Å². The SMILES string of the molecule is CC(C)(C)C1=C[C@H](C(C)(C)C)CC([n+]2[c-]n(-c3[c-]c(Oc4[c-]c5c(cc4)c4cc(-c6ccccc6)ccc4n5-c4cc(C(C)(C)C)ccn4)ccc3)c3cccc(C4=CC=C[C@H](C(C)(C)C)C4)c32)=C1.[Pt]. The Labute approximate surface area is 430 Å². The van der Waals surface area contributed by atoms with E-state index in [-0.39, 0.29) is 42.7 Å². The molecule has 3 heterocycles. The van der Waals surface area contributed by atoms with E-state index in [4.69, 9.17) is 9.72 Å². The summed E-state index contributed by atoms with van der Waals surface area (Å²) in [7, 11) is 0. The van der Waals surface area contributed by atoms with Crippen molar-refractivity contribution in [3.8, 4) is 34.1 Å². The van der Waals surface area contributed by atoms with Gasteiger partial charge in [-0.1, -0.05) is 174 Å². The van der Waals surface area contributed by atoms with Crippen molar-refractivity contribution >= 4 is 44.1 Å². The fourth-order valence-corrected chi connectivity index (χ4v) is 10.0. The standard InChI is InChI=1S/C64H66N4O.Pt/c1-61(2,3)45-22-16-21-44(33-45)53-25-18-26-57-60(53)67(50-36-47(63(7,8)9)35-48(37-50)64(10,11)12)41-66(57)49-23-17-24-51(39-49)69-52-28-29-54-55-34-43(42-19-14-13-15-20-42)27-30-56(55)68(58(54)40-52)59-38-46(31-32-65-59)62(4,5)6;/h13-32,34-36,38,45,48H,33,37H2,1-12H3;/q-2;/t45-,48-;/m0./s1. The molecule has 5 nitrogen and oxygen atoms in total. The van der Waals surface area contributed by atoms with Crippen LogP contribution in [0, 0.1) is 46.5 Å². The number of allylic oxidation sites excluding steroid dienone is 8. The minimum absolute atomic E-state index is 0. The molecule has 0 N–H and O–H groups in total. The number of hydrogen-bond donors (Lipinski definition) is 0. The minimum atomic E-state index is -0.0481. The molecule has 5 aromatic carbocycles. The quantitative estimate of drug-likeness (QED) is 0.118. The van der Waals surface area contributed by atoms with Crippen molar-refractivity contribution in [1.29, 1.82) is 0 Å². The van der Waals surface area contributed by atoms with Crippen LogP contribution >= 0.6 is 0 Å². The van der Waals surface area contributed by atoms with Crippen LogP contribution in [0.15, 0.2) is 151 Å². The van der Waals surface area contributed by atoms with E-state index in [9.17, 15) is 0 Å². The largest absolute Gasteiger partial charge is 0.510 e. The number of nitrogens with zero attached hydrogens (tertiary/aromatic N) is 4. The molecule has 3 aromatic heterocycles. The molecule has 2 aliphatic carbocycles. The van der Waals surface area contributed by atoms with Gasteiger partial charge in [0.05, 0.1) is 11.0 Å². The molecule has 0 aliphatic heterocycles. The van der Waals surface area contributed by atoms with Crippen LogP contribution in [-0.4, -0.2) is 14.1 Å². The molecule has 70 heavy (non-hydrogen) atoms. The number of rotatable bonds is 7. The van der Waals surface area contributed by atoms with E-state index in [1.54, 1.807) is 0 Å². The number of benzene rings is 5. The second-order valence-electron chi connectivity index (χ2n) is 23.6. The maximum Gasteiger partial charge on any atom is 0.267 e. The van der Waals surface area contributed by atoms with Crippen LogP contribution in [0.25, 0.3) is 66.7 Å². The Balaban J connectivity index is 0.00000608. The number of ether oxygens (including phenoxy) is 1. The summed E-state index contributed by atoms with van der Waals surface area (Å²) in [6.45, 7) is 27.8. The Morgan fingerprint density at radius 3 is 2.13 bits per heavy atom. The van der Waals surface area contributed by atoms with Gasteiger partial charge in [0.25, 0.3) is 6.33 Å². The van der Waals surface area contributed by atoms with Crippen molar-refractivity contribution in [2.24, 2.45) is 28.1 Å². The smallest absolute Gasteiger partial charge is 0.267 e. The topological polar surface area (TPSA) is 35.9 Å². The maximum atomic E-state index is 6.79. The van der Waals surface area contributed by atoms with Gasteiger partial charge in [-0.25, -0.2) is 4.98 Å². The Morgan fingerprint density at radius 2 is 1.40 bits per heavy atom. The van der Waals surface area contributed by atoms with Gasteiger partial charge in [-0.05, 0) is 115 Å². The zero-order valence-corrected chi connectivity index (χ0v) is 45.2. The minimum Gasteiger partial charge on any atom is -0.510 e. The predicted octanol–water partition coefficient (Wildman–Crippen LogP) is 16.4. The van der Waals surface area contributed by atoms with Gasteiger partial charge in [-0.2, -0.15) is 18.2 Å². The Morgan fingerprint density at radius 1 is 0.657 bits per heavy atom. The molecule has 0 spiro atoms. The molecule has 0 saturated heterocycles. The van der Waals surface area contributed by atoms with Gasteiger partial charge in [0.2, 0.25) is 0 Å². The maximum absolute atomic E-state index is 6.79. The van der Waals surface area contributed by atoms with Crippen LogP contribution in [0.2, 0.25) is 0 Å². The first kappa shape index (κ1) is 49.0. The summed E-state index contributed by atoms with van der Waals surface area (Å²) in [6, 6.07) is 46.0. The first-order valence-electron chi connectivity index (χ1n) is 24.7. The molecule has 360 valence electrons. The normalized spacial score (nSPS) is 16.8. The number of hydrogen-bond acceptors (Lipinski definition) is 2. The average molecular weight is 1100 g/mol. The van der Waals surface area contributed by atoms with Crippen molar-refractivity contribution in [3.63, 3.8) is 0 Å². The summed E-state index contributed by atoms with van der Waals surface area (Å²) >= 11 is 0. The monoisotopic (exact) mass is 1100 g/mol. The number of fused-ring (bicyclic) bond motifs is 4. The molecule has 0 bridgehead atoms. The third-order valence-corrected chi connectivity index (χ3v) is 14.4. The van der Waals surface area contributed by atoms with Crippen molar-refractivity contribution in [3.05, 3.63) is 181 Å². The summed E-state index contributed by atoms with van der Waals surface area (Å²) in [4.78, 5) is 4.95. The van der Waals surface area contributed by atoms with Crippen LogP contribution < -0.4 is 9.30 Å². The third-order valence-electron chi connectivity index (χ3n) is 14.4. The van der Waals surface area contributed by atoms with Gasteiger partial charge in [-0.15, -0.1) is 29.7 Å². The summed E-state index contributed by atoms with van der Waals surface area (Å²) < 4.78 is 13.6. The summed E-state index contributed by atoms with van der Waals surface area (Å²) in [6.07, 6.45) is 19.6. The fourth-order valence-electron chi connectivity index (χ4n) is 10.0. The zero-order chi connectivity index (χ0) is 48.6. The predicted molar refractivity (Wildman–Crippen MR) is 287 cm³/mol. The first-order chi connectivity index (χ1) is 32.7. The molecule has 6 heteroatoms. The molecule has 0 amide bonds. The van der Waals surface area contributed by atoms with E-state index in [0.717, 1.165) is 62.7 Å². The molecule has 0 saturated carbocycles. The molecular weight excluding hydrogens is 1040 g/mol. The van der Waals surface area contributed by atoms with Gasteiger partial charge in [0.15, 0.2) is 0 Å². The van der Waals surface area contributed by atoms with E-state index in [0.29, 0.717) is 23.3 Å². The van der Waals surface area contributed by atoms with Crippen LogP contribution in [0.5, 0.6) is 11.5 Å². The Kier molecular flexibility index (Phi) is 12.8. The summed E-state index contributed by atoms with van der Waals surface area (Å²) in [5, 5.41) is 2.21. The first-order valence-corrected chi connectivity index (χ1v) is 24.7. The van der Waals surface area contributed by atoms with Gasteiger partial charge >= 0.3 is 0 Å². The zero-order valence-electron chi connectivity index (χ0n) is 42.9. The van der Waals surface area contributed by atoms with E-state index < -0.39 is 0 Å². The summed E-state index contributed by atoms with van der Waals surface area (Å²) in [5.41, 5.74) is 14.0. The van der Waals surface area contributed by atoms with Gasteiger partial charge in [-0.3, -0.25) is 4.57 Å². The van der Waals surface area contributed by atoms with Gasteiger partial charge in [0, 0.05) is 50.0 Å². The van der Waals surface area contributed by atoms with Crippen molar-refractivity contribution < 1.29 is 30.4 Å². The molecular formula is C64H66N4OPt-2. The molecule has 8 aromatic rings. The van der Waals surface area contributed by atoms with Gasteiger partial charge in [0.1, 0.15) is 5.82 Å². The number of pyridine rings is 1. The number of imidazole rings is 1.